The number of methoxy groups -OCH3 is 1. The summed E-state index contributed by atoms with van der Waals surface area (Å²) in [5, 5.41) is 11.5. The second-order valence-electron chi connectivity index (χ2n) is 4.20. The number of nitrogens with one attached hydrogen (secondary N) is 1. The average molecular weight is 316 g/mol. The molecular weight excluding hydrogens is 298 g/mol. The molecule has 0 atom stereocenters. The van der Waals surface area contributed by atoms with Crippen LogP contribution in [0.3, 0.4) is 0 Å². The highest BCUT2D eigenvalue weighted by Gasteiger charge is 2.16. The Hall–Kier alpha value is -1.07. The molecule has 0 aliphatic carbocycles. The number of aliphatic carboxylic acids is 1. The maximum absolute atomic E-state index is 10.5. The molecule has 0 saturated heterocycles. The number of halogens is 1. The van der Waals surface area contributed by atoms with Gasteiger partial charge >= 0.3 is 5.97 Å². The van der Waals surface area contributed by atoms with E-state index in [0.29, 0.717) is 6.54 Å². The lowest BCUT2D eigenvalue weighted by Crippen LogP contribution is -2.23. The van der Waals surface area contributed by atoms with E-state index in [9.17, 15) is 4.79 Å². The fourth-order valence-electron chi connectivity index (χ4n) is 1.93. The van der Waals surface area contributed by atoms with E-state index in [1.807, 2.05) is 20.8 Å². The first-order valence-electron chi connectivity index (χ1n) is 5.64. The maximum Gasteiger partial charge on any atom is 0.317 e. The molecule has 0 spiro atoms. The molecule has 1 aromatic rings. The van der Waals surface area contributed by atoms with Crippen LogP contribution in [0.1, 0.15) is 22.3 Å². The van der Waals surface area contributed by atoms with Crippen LogP contribution in [0.5, 0.6) is 5.75 Å². The number of ether oxygens (including phenoxy) is 1. The quantitative estimate of drug-likeness (QED) is 0.876. The van der Waals surface area contributed by atoms with Gasteiger partial charge in [0.2, 0.25) is 0 Å². The van der Waals surface area contributed by atoms with Gasteiger partial charge in [-0.1, -0.05) is 15.9 Å². The molecule has 100 valence electrons. The molecule has 1 aromatic carbocycles. The van der Waals surface area contributed by atoms with Crippen LogP contribution in [0.25, 0.3) is 0 Å². The number of hydrogen-bond donors (Lipinski definition) is 2. The Morgan fingerprint density at radius 3 is 2.39 bits per heavy atom. The lowest BCUT2D eigenvalue weighted by atomic mass is 9.99. The third kappa shape index (κ3) is 3.03. The molecule has 0 fully saturated rings. The Bertz CT molecular complexity index is 472. The molecule has 1 rings (SSSR count). The fraction of sp³-hybridized carbons (Fsp3) is 0.462. The van der Waals surface area contributed by atoms with E-state index in [1.165, 1.54) is 0 Å². The molecule has 0 unspecified atom stereocenters. The molecule has 0 radical (unpaired) electrons. The van der Waals surface area contributed by atoms with Gasteiger partial charge in [0.25, 0.3) is 0 Å². The van der Waals surface area contributed by atoms with Gasteiger partial charge in [0.05, 0.1) is 13.7 Å². The zero-order chi connectivity index (χ0) is 13.9. The Kier molecular flexibility index (Phi) is 5.16. The number of benzene rings is 1. The van der Waals surface area contributed by atoms with Crippen molar-refractivity contribution in [2.45, 2.75) is 27.3 Å². The summed E-state index contributed by atoms with van der Waals surface area (Å²) in [5.41, 5.74) is 4.29. The van der Waals surface area contributed by atoms with Crippen LogP contribution in [-0.2, 0) is 11.3 Å². The minimum absolute atomic E-state index is 0.0624. The summed E-state index contributed by atoms with van der Waals surface area (Å²) in [6.45, 7) is 6.44. The van der Waals surface area contributed by atoms with Gasteiger partial charge in [-0.05, 0) is 37.5 Å². The smallest absolute Gasteiger partial charge is 0.317 e. The van der Waals surface area contributed by atoms with E-state index < -0.39 is 5.97 Å². The molecule has 0 heterocycles. The summed E-state index contributed by atoms with van der Waals surface area (Å²) in [6.07, 6.45) is 0. The number of rotatable bonds is 5. The second-order valence-corrected chi connectivity index (χ2v) is 4.99. The van der Waals surface area contributed by atoms with E-state index in [-0.39, 0.29) is 6.54 Å². The zero-order valence-corrected chi connectivity index (χ0v) is 12.6. The van der Waals surface area contributed by atoms with Gasteiger partial charge in [0.15, 0.2) is 0 Å². The number of carbonyl (C=O) groups is 1. The fourth-order valence-corrected chi connectivity index (χ4v) is 2.47. The second kappa shape index (κ2) is 6.20. The summed E-state index contributed by atoms with van der Waals surface area (Å²) in [4.78, 5) is 10.5. The van der Waals surface area contributed by atoms with Crippen LogP contribution >= 0.6 is 15.9 Å². The summed E-state index contributed by atoms with van der Waals surface area (Å²) in [7, 11) is 1.63. The van der Waals surface area contributed by atoms with Crippen LogP contribution in [0, 0.1) is 20.8 Å². The minimum Gasteiger partial charge on any atom is -0.496 e. The SMILES string of the molecule is COc1c(C)c(C)c(Br)c(C)c1CNCC(=O)O. The monoisotopic (exact) mass is 315 g/mol. The molecule has 0 amide bonds. The van der Waals surface area contributed by atoms with Crippen molar-refractivity contribution in [3.8, 4) is 5.75 Å². The Morgan fingerprint density at radius 1 is 1.28 bits per heavy atom. The lowest BCUT2D eigenvalue weighted by Gasteiger charge is -2.19. The van der Waals surface area contributed by atoms with Crippen molar-refractivity contribution in [3.05, 3.63) is 26.7 Å². The maximum atomic E-state index is 10.5. The Morgan fingerprint density at radius 2 is 1.89 bits per heavy atom. The predicted octanol–water partition coefficient (Wildman–Crippen LogP) is 2.56. The molecule has 0 bridgehead atoms. The zero-order valence-electron chi connectivity index (χ0n) is 11.1. The van der Waals surface area contributed by atoms with Crippen LogP contribution in [-0.4, -0.2) is 24.7 Å². The Labute approximate surface area is 115 Å². The van der Waals surface area contributed by atoms with E-state index in [2.05, 4.69) is 21.2 Å². The number of carboxylic acids is 1. The molecule has 0 saturated carbocycles. The van der Waals surface area contributed by atoms with E-state index in [0.717, 1.165) is 32.5 Å². The van der Waals surface area contributed by atoms with Crippen LogP contribution in [0.4, 0.5) is 0 Å². The standard InChI is InChI=1S/C13H18BrNO3/c1-7-8(2)13(18-4)10(9(3)12(7)14)5-15-6-11(16)17/h15H,5-6H2,1-4H3,(H,16,17). The molecule has 0 aromatic heterocycles. The first kappa shape index (κ1) is 15.0. The van der Waals surface area contributed by atoms with Crippen molar-refractivity contribution < 1.29 is 14.6 Å². The lowest BCUT2D eigenvalue weighted by molar-refractivity contribution is -0.136. The first-order chi connectivity index (χ1) is 8.40. The molecule has 0 aliphatic rings. The number of carboxylic acid groups (broad SMARTS) is 1. The van der Waals surface area contributed by atoms with Gasteiger partial charge < -0.3 is 15.2 Å². The van der Waals surface area contributed by atoms with Gasteiger partial charge in [0.1, 0.15) is 5.75 Å². The Balaban J connectivity index is 3.12. The molecular formula is C13H18BrNO3. The van der Waals surface area contributed by atoms with Gasteiger partial charge in [-0.2, -0.15) is 0 Å². The van der Waals surface area contributed by atoms with E-state index in [4.69, 9.17) is 9.84 Å². The van der Waals surface area contributed by atoms with Crippen molar-refractivity contribution in [2.75, 3.05) is 13.7 Å². The van der Waals surface area contributed by atoms with Crippen LogP contribution in [0.15, 0.2) is 4.47 Å². The van der Waals surface area contributed by atoms with Crippen molar-refractivity contribution >= 4 is 21.9 Å². The van der Waals surface area contributed by atoms with E-state index >= 15 is 0 Å². The van der Waals surface area contributed by atoms with Crippen molar-refractivity contribution in [2.24, 2.45) is 0 Å². The first-order valence-corrected chi connectivity index (χ1v) is 6.44. The molecule has 2 N–H and O–H groups in total. The van der Waals surface area contributed by atoms with Gasteiger partial charge in [-0.3, -0.25) is 4.79 Å². The van der Waals surface area contributed by atoms with Crippen molar-refractivity contribution in [3.63, 3.8) is 0 Å². The van der Waals surface area contributed by atoms with Crippen LogP contribution in [0.2, 0.25) is 0 Å². The summed E-state index contributed by atoms with van der Waals surface area (Å²) >= 11 is 3.57. The number of hydrogen-bond acceptors (Lipinski definition) is 3. The molecule has 0 aliphatic heterocycles. The third-order valence-electron chi connectivity index (χ3n) is 3.07. The van der Waals surface area contributed by atoms with Gasteiger partial charge in [-0.15, -0.1) is 0 Å². The van der Waals surface area contributed by atoms with E-state index in [1.54, 1.807) is 7.11 Å². The minimum atomic E-state index is -0.866. The largest absolute Gasteiger partial charge is 0.496 e. The molecule has 4 nitrogen and oxygen atoms in total. The summed E-state index contributed by atoms with van der Waals surface area (Å²) < 4.78 is 6.49. The third-order valence-corrected chi connectivity index (χ3v) is 4.26. The summed E-state index contributed by atoms with van der Waals surface area (Å²) in [6, 6.07) is 0. The van der Waals surface area contributed by atoms with Gasteiger partial charge in [-0.25, -0.2) is 0 Å². The highest BCUT2D eigenvalue weighted by Crippen LogP contribution is 2.35. The normalized spacial score (nSPS) is 10.5. The topological polar surface area (TPSA) is 58.6 Å². The van der Waals surface area contributed by atoms with Crippen LogP contribution < -0.4 is 10.1 Å². The highest BCUT2D eigenvalue weighted by molar-refractivity contribution is 9.10. The van der Waals surface area contributed by atoms with Crippen molar-refractivity contribution in [1.29, 1.82) is 0 Å². The predicted molar refractivity (Wildman–Crippen MR) is 74.2 cm³/mol. The molecule has 5 heteroatoms. The van der Waals surface area contributed by atoms with Crippen molar-refractivity contribution in [1.82, 2.24) is 5.32 Å². The summed E-state index contributed by atoms with van der Waals surface area (Å²) in [5.74, 6) is -0.0411. The molecule has 18 heavy (non-hydrogen) atoms. The van der Waals surface area contributed by atoms with Gasteiger partial charge in [0, 0.05) is 16.6 Å². The highest BCUT2D eigenvalue weighted by atomic mass is 79.9. The average Bonchev–Trinajstić information content (AvgIpc) is 2.33.